The molecule has 0 fully saturated rings. The van der Waals surface area contributed by atoms with Crippen molar-refractivity contribution in [2.75, 3.05) is 6.61 Å². The highest BCUT2D eigenvalue weighted by Gasteiger charge is 2.42. The second-order valence-electron chi connectivity index (χ2n) is 4.53. The molecule has 0 aromatic heterocycles. The maximum atomic E-state index is 11.6. The number of rotatable bonds is 6. The Bertz CT molecular complexity index is 458. The molecule has 0 bridgehead atoms. The predicted octanol–water partition coefficient (Wildman–Crippen LogP) is 1.59. The van der Waals surface area contributed by atoms with Gasteiger partial charge in [-0.15, -0.1) is 0 Å². The van der Waals surface area contributed by atoms with E-state index in [0.29, 0.717) is 0 Å². The van der Waals surface area contributed by atoms with Crippen LogP contribution in [0.15, 0.2) is 35.6 Å². The normalized spacial score (nSPS) is 23.6. The topological polar surface area (TPSA) is 83.8 Å². The van der Waals surface area contributed by atoms with Crippen LogP contribution >= 0.6 is 0 Å². The van der Waals surface area contributed by atoms with Crippen molar-refractivity contribution in [1.29, 1.82) is 0 Å². The van der Waals surface area contributed by atoms with Crippen LogP contribution in [0.4, 0.5) is 0 Å². The molecule has 1 atom stereocenters. The molecule has 0 aliphatic carbocycles. The number of ketones is 1. The van der Waals surface area contributed by atoms with E-state index in [9.17, 15) is 14.7 Å². The Kier molecular flexibility index (Phi) is 5.06. The first kappa shape index (κ1) is 15.2. The smallest absolute Gasteiger partial charge is 0.338 e. The van der Waals surface area contributed by atoms with Gasteiger partial charge in [0.25, 0.3) is 0 Å². The third kappa shape index (κ3) is 3.79. The lowest BCUT2D eigenvalue weighted by Crippen LogP contribution is -2.28. The van der Waals surface area contributed by atoms with Gasteiger partial charge in [0.2, 0.25) is 0 Å². The number of esters is 1. The van der Waals surface area contributed by atoms with E-state index in [-0.39, 0.29) is 36.6 Å². The predicted molar refractivity (Wildman–Crippen MR) is 69.4 cm³/mol. The van der Waals surface area contributed by atoms with Crippen molar-refractivity contribution >= 4 is 11.8 Å². The minimum Gasteiger partial charge on any atom is -0.507 e. The van der Waals surface area contributed by atoms with Gasteiger partial charge in [0.15, 0.2) is 11.4 Å². The molecule has 1 heterocycles. The highest BCUT2D eigenvalue weighted by Crippen LogP contribution is 2.34. The van der Waals surface area contributed by atoms with Gasteiger partial charge in [-0.2, -0.15) is 0 Å². The van der Waals surface area contributed by atoms with E-state index < -0.39 is 11.6 Å². The summed E-state index contributed by atoms with van der Waals surface area (Å²) in [5.74, 6) is -0.791. The standard InChI is InChI=1S/C14H18O5/c1-10-12(17)14(2,19-13(10)18)8-7-11(16)6-4-3-5-9-15/h3-6,15,17H,7-9H2,1-2H3. The van der Waals surface area contributed by atoms with Gasteiger partial charge in [0.1, 0.15) is 5.76 Å². The van der Waals surface area contributed by atoms with E-state index in [2.05, 4.69) is 0 Å². The highest BCUT2D eigenvalue weighted by atomic mass is 16.6. The minimum absolute atomic E-state index is 0.0789. The number of carbonyl (C=O) groups is 2. The number of allylic oxidation sites excluding steroid dienone is 3. The summed E-state index contributed by atoms with van der Waals surface area (Å²) in [6, 6.07) is 0. The molecule has 2 N–H and O–H groups in total. The molecule has 5 heteroatoms. The molecule has 0 aromatic rings. The van der Waals surface area contributed by atoms with Crippen molar-refractivity contribution in [3.05, 3.63) is 35.6 Å². The fourth-order valence-corrected chi connectivity index (χ4v) is 1.74. The van der Waals surface area contributed by atoms with Crippen molar-refractivity contribution in [3.8, 4) is 0 Å². The van der Waals surface area contributed by atoms with Gasteiger partial charge in [0.05, 0.1) is 12.2 Å². The molecule has 0 amide bonds. The molecule has 0 aromatic carbocycles. The summed E-state index contributed by atoms with van der Waals surface area (Å²) in [7, 11) is 0. The summed E-state index contributed by atoms with van der Waals surface area (Å²) in [4.78, 5) is 22.9. The summed E-state index contributed by atoms with van der Waals surface area (Å²) in [6.07, 6.45) is 6.36. The maximum absolute atomic E-state index is 11.6. The lowest BCUT2D eigenvalue weighted by Gasteiger charge is -2.22. The summed E-state index contributed by atoms with van der Waals surface area (Å²) in [6.45, 7) is 2.99. The van der Waals surface area contributed by atoms with Gasteiger partial charge >= 0.3 is 5.97 Å². The van der Waals surface area contributed by atoms with E-state index in [1.165, 1.54) is 25.2 Å². The Balaban J connectivity index is 2.54. The van der Waals surface area contributed by atoms with E-state index in [1.807, 2.05) is 0 Å². The van der Waals surface area contributed by atoms with Crippen molar-refractivity contribution in [3.63, 3.8) is 0 Å². The fourth-order valence-electron chi connectivity index (χ4n) is 1.74. The Labute approximate surface area is 111 Å². The van der Waals surface area contributed by atoms with E-state index in [0.717, 1.165) is 0 Å². The van der Waals surface area contributed by atoms with Gasteiger partial charge in [-0.05, 0) is 19.9 Å². The van der Waals surface area contributed by atoms with E-state index >= 15 is 0 Å². The molecule has 0 spiro atoms. The molecule has 1 rings (SSSR count). The number of hydrogen-bond donors (Lipinski definition) is 2. The number of aliphatic hydroxyl groups excluding tert-OH is 2. The number of carbonyl (C=O) groups excluding carboxylic acids is 2. The zero-order valence-corrected chi connectivity index (χ0v) is 11.0. The molecule has 1 unspecified atom stereocenters. The molecular weight excluding hydrogens is 248 g/mol. The Morgan fingerprint density at radius 1 is 1.42 bits per heavy atom. The Morgan fingerprint density at radius 3 is 2.63 bits per heavy atom. The van der Waals surface area contributed by atoms with Crippen LogP contribution in [0.2, 0.25) is 0 Å². The molecule has 1 aliphatic heterocycles. The van der Waals surface area contributed by atoms with Gasteiger partial charge < -0.3 is 14.9 Å². The first-order valence-corrected chi connectivity index (χ1v) is 6.01. The van der Waals surface area contributed by atoms with Crippen LogP contribution in [0.25, 0.3) is 0 Å². The SMILES string of the molecule is CC1=C(O)C(C)(CCC(=O)C=CC=CCO)OC1=O. The molecule has 0 saturated heterocycles. The van der Waals surface area contributed by atoms with Crippen molar-refractivity contribution in [1.82, 2.24) is 0 Å². The summed E-state index contributed by atoms with van der Waals surface area (Å²) in [5, 5.41) is 18.3. The fraction of sp³-hybridized carbons (Fsp3) is 0.429. The molecule has 1 aliphatic rings. The molecule has 0 saturated carbocycles. The third-order valence-corrected chi connectivity index (χ3v) is 2.96. The zero-order chi connectivity index (χ0) is 14.5. The Morgan fingerprint density at radius 2 is 2.11 bits per heavy atom. The van der Waals surface area contributed by atoms with Crippen LogP contribution in [0.3, 0.4) is 0 Å². The largest absolute Gasteiger partial charge is 0.507 e. The average molecular weight is 266 g/mol. The highest BCUT2D eigenvalue weighted by molar-refractivity contribution is 5.92. The van der Waals surface area contributed by atoms with Crippen LogP contribution in [-0.2, 0) is 14.3 Å². The first-order chi connectivity index (χ1) is 8.90. The van der Waals surface area contributed by atoms with Crippen LogP contribution < -0.4 is 0 Å². The zero-order valence-electron chi connectivity index (χ0n) is 11.0. The molecular formula is C14H18O5. The lowest BCUT2D eigenvalue weighted by atomic mass is 9.95. The molecule has 5 nitrogen and oxygen atoms in total. The van der Waals surface area contributed by atoms with Crippen molar-refractivity contribution in [2.24, 2.45) is 0 Å². The van der Waals surface area contributed by atoms with Crippen LogP contribution in [-0.4, -0.2) is 34.2 Å². The summed E-state index contributed by atoms with van der Waals surface area (Å²) >= 11 is 0. The summed E-state index contributed by atoms with van der Waals surface area (Å²) in [5.41, 5.74) is -0.914. The molecule has 19 heavy (non-hydrogen) atoms. The molecule has 104 valence electrons. The number of ether oxygens (including phenoxy) is 1. The van der Waals surface area contributed by atoms with Gasteiger partial charge in [-0.1, -0.05) is 18.2 Å². The van der Waals surface area contributed by atoms with Crippen molar-refractivity contribution < 1.29 is 24.5 Å². The third-order valence-electron chi connectivity index (χ3n) is 2.96. The minimum atomic E-state index is -1.11. The number of aliphatic hydroxyl groups is 2. The van der Waals surface area contributed by atoms with Crippen LogP contribution in [0.1, 0.15) is 26.7 Å². The van der Waals surface area contributed by atoms with Crippen LogP contribution in [0, 0.1) is 0 Å². The first-order valence-electron chi connectivity index (χ1n) is 6.01. The van der Waals surface area contributed by atoms with E-state index in [1.54, 1.807) is 13.0 Å². The van der Waals surface area contributed by atoms with Gasteiger partial charge in [-0.3, -0.25) is 4.79 Å². The Hall–Kier alpha value is -1.88. The van der Waals surface area contributed by atoms with E-state index in [4.69, 9.17) is 9.84 Å². The number of hydrogen-bond acceptors (Lipinski definition) is 5. The van der Waals surface area contributed by atoms with Gasteiger partial charge in [-0.25, -0.2) is 4.79 Å². The van der Waals surface area contributed by atoms with Crippen LogP contribution in [0.5, 0.6) is 0 Å². The average Bonchev–Trinajstić information content (AvgIpc) is 2.57. The quantitative estimate of drug-likeness (QED) is 0.433. The monoisotopic (exact) mass is 266 g/mol. The second kappa shape index (κ2) is 6.33. The lowest BCUT2D eigenvalue weighted by molar-refractivity contribution is -0.148. The second-order valence-corrected chi connectivity index (χ2v) is 4.53. The van der Waals surface area contributed by atoms with Gasteiger partial charge in [0, 0.05) is 12.8 Å². The summed E-state index contributed by atoms with van der Waals surface area (Å²) < 4.78 is 5.08. The maximum Gasteiger partial charge on any atom is 0.338 e. The van der Waals surface area contributed by atoms with Crippen molar-refractivity contribution in [2.45, 2.75) is 32.3 Å². The molecule has 0 radical (unpaired) electrons. The number of cyclic esters (lactones) is 1.